The first-order valence-electron chi connectivity index (χ1n) is 8.47. The molecule has 142 valence electrons. The third-order valence-corrected chi connectivity index (χ3v) is 4.63. The van der Waals surface area contributed by atoms with Gasteiger partial charge in [0.1, 0.15) is 11.3 Å². The van der Waals surface area contributed by atoms with Gasteiger partial charge in [-0.3, -0.25) is 4.79 Å². The smallest absolute Gasteiger partial charge is 0.345 e. The van der Waals surface area contributed by atoms with Gasteiger partial charge in [0.05, 0.1) is 16.3 Å². The minimum absolute atomic E-state index is 0.0979. The largest absolute Gasteiger partial charge is 0.484 e. The van der Waals surface area contributed by atoms with Crippen LogP contribution in [0.1, 0.15) is 5.01 Å². The van der Waals surface area contributed by atoms with Gasteiger partial charge in [-0.05, 0) is 39.2 Å². The van der Waals surface area contributed by atoms with Gasteiger partial charge in [-0.1, -0.05) is 0 Å². The van der Waals surface area contributed by atoms with Gasteiger partial charge < -0.3 is 19.4 Å². The van der Waals surface area contributed by atoms with Crippen molar-refractivity contribution in [3.8, 4) is 17.0 Å². The molecular weight excluding hydrogens is 366 g/mol. The van der Waals surface area contributed by atoms with E-state index in [9.17, 15) is 9.59 Å². The van der Waals surface area contributed by atoms with Crippen LogP contribution < -0.4 is 15.7 Å². The highest BCUT2D eigenvalue weighted by Crippen LogP contribution is 2.25. The Bertz CT molecular complexity index is 1010. The molecule has 3 rings (SSSR count). The number of nitrogens with zero attached hydrogens (tertiary/aromatic N) is 2. The van der Waals surface area contributed by atoms with Crippen LogP contribution in [-0.4, -0.2) is 49.6 Å². The second kappa shape index (κ2) is 8.32. The number of benzene rings is 1. The van der Waals surface area contributed by atoms with E-state index in [0.717, 1.165) is 16.9 Å². The Kier molecular flexibility index (Phi) is 5.88. The summed E-state index contributed by atoms with van der Waals surface area (Å²) >= 11 is 1.48. The molecule has 2 aromatic heterocycles. The van der Waals surface area contributed by atoms with Crippen LogP contribution in [0.5, 0.6) is 5.75 Å². The molecule has 0 spiro atoms. The van der Waals surface area contributed by atoms with Crippen molar-refractivity contribution in [2.45, 2.75) is 6.92 Å². The Morgan fingerprint density at radius 1 is 1.33 bits per heavy atom. The van der Waals surface area contributed by atoms with Crippen molar-refractivity contribution in [2.75, 3.05) is 33.8 Å². The molecule has 1 aromatic carbocycles. The van der Waals surface area contributed by atoms with Crippen LogP contribution in [0, 0.1) is 6.92 Å². The number of nitrogens with one attached hydrogen (secondary N) is 1. The van der Waals surface area contributed by atoms with Crippen LogP contribution in [0.3, 0.4) is 0 Å². The number of aryl methyl sites for hydroxylation is 1. The van der Waals surface area contributed by atoms with Crippen LogP contribution in [0.4, 0.5) is 0 Å². The van der Waals surface area contributed by atoms with Gasteiger partial charge in [0.15, 0.2) is 6.61 Å². The molecule has 0 unspecified atom stereocenters. The Morgan fingerprint density at radius 2 is 2.15 bits per heavy atom. The fourth-order valence-electron chi connectivity index (χ4n) is 2.47. The first kappa shape index (κ1) is 19.1. The molecule has 27 heavy (non-hydrogen) atoms. The number of carbonyl (C=O) groups is 1. The van der Waals surface area contributed by atoms with Gasteiger partial charge >= 0.3 is 5.63 Å². The second-order valence-electron chi connectivity index (χ2n) is 6.34. The Labute approximate surface area is 160 Å². The lowest BCUT2D eigenvalue weighted by Gasteiger charge is -2.11. The number of likely N-dealkylation sites (N-methyl/N-ethyl adjacent to an activating group) is 1. The van der Waals surface area contributed by atoms with E-state index in [1.165, 1.54) is 11.3 Å². The Balaban J connectivity index is 1.70. The number of aromatic nitrogens is 1. The average Bonchev–Trinajstić information content (AvgIpc) is 3.05. The highest BCUT2D eigenvalue weighted by molar-refractivity contribution is 7.09. The van der Waals surface area contributed by atoms with Crippen LogP contribution in [0.25, 0.3) is 22.2 Å². The van der Waals surface area contributed by atoms with Gasteiger partial charge in [-0.15, -0.1) is 11.3 Å². The number of hydrogen-bond donors (Lipinski definition) is 1. The number of fused-ring (bicyclic) bond motifs is 1. The molecule has 0 saturated heterocycles. The summed E-state index contributed by atoms with van der Waals surface area (Å²) in [5, 5.41) is 6.25. The molecule has 0 aliphatic heterocycles. The third kappa shape index (κ3) is 4.93. The molecule has 1 N–H and O–H groups in total. The van der Waals surface area contributed by atoms with Crippen molar-refractivity contribution < 1.29 is 13.9 Å². The molecular formula is C19H21N3O4S. The average molecular weight is 387 g/mol. The van der Waals surface area contributed by atoms with Crippen molar-refractivity contribution in [3.63, 3.8) is 0 Å². The molecule has 0 atom stereocenters. The predicted molar refractivity (Wildman–Crippen MR) is 105 cm³/mol. The maximum atomic E-state index is 12.3. The first-order chi connectivity index (χ1) is 12.9. The maximum absolute atomic E-state index is 12.3. The van der Waals surface area contributed by atoms with Gasteiger partial charge in [0.25, 0.3) is 5.91 Å². The molecule has 0 saturated carbocycles. The molecule has 3 aromatic rings. The SMILES string of the molecule is Cc1nc(-c2cc3ccc(OCC(=O)NCCN(C)C)cc3oc2=O)cs1. The zero-order chi connectivity index (χ0) is 19.4. The minimum Gasteiger partial charge on any atom is -0.484 e. The zero-order valence-electron chi connectivity index (χ0n) is 15.4. The Morgan fingerprint density at radius 3 is 2.85 bits per heavy atom. The summed E-state index contributed by atoms with van der Waals surface area (Å²) in [6.07, 6.45) is 0. The summed E-state index contributed by atoms with van der Waals surface area (Å²) in [6.45, 7) is 3.10. The van der Waals surface area contributed by atoms with Gasteiger partial charge in [-0.25, -0.2) is 9.78 Å². The number of carbonyl (C=O) groups excluding carboxylic acids is 1. The number of thiazole rings is 1. The minimum atomic E-state index is -0.452. The van der Waals surface area contributed by atoms with E-state index in [-0.39, 0.29) is 12.5 Å². The Hall–Kier alpha value is -2.71. The van der Waals surface area contributed by atoms with Crippen molar-refractivity contribution in [1.82, 2.24) is 15.2 Å². The third-order valence-electron chi connectivity index (χ3n) is 3.85. The summed E-state index contributed by atoms with van der Waals surface area (Å²) in [5.41, 5.74) is 0.997. The zero-order valence-corrected chi connectivity index (χ0v) is 16.3. The van der Waals surface area contributed by atoms with E-state index in [0.29, 0.717) is 29.1 Å². The molecule has 0 bridgehead atoms. The lowest BCUT2D eigenvalue weighted by Crippen LogP contribution is -2.34. The van der Waals surface area contributed by atoms with E-state index in [1.807, 2.05) is 31.3 Å². The molecule has 1 amide bonds. The topological polar surface area (TPSA) is 84.7 Å². The highest BCUT2D eigenvalue weighted by Gasteiger charge is 2.11. The number of hydrogen-bond acceptors (Lipinski definition) is 7. The number of rotatable bonds is 7. The van der Waals surface area contributed by atoms with E-state index in [1.54, 1.807) is 24.3 Å². The lowest BCUT2D eigenvalue weighted by molar-refractivity contribution is -0.123. The fraction of sp³-hybridized carbons (Fsp3) is 0.316. The number of amides is 1. The summed E-state index contributed by atoms with van der Waals surface area (Å²) in [6, 6.07) is 6.90. The van der Waals surface area contributed by atoms with Crippen LogP contribution >= 0.6 is 11.3 Å². The predicted octanol–water partition coefficient (Wildman–Crippen LogP) is 2.28. The quantitative estimate of drug-likeness (QED) is 0.626. The number of ether oxygens (including phenoxy) is 1. The van der Waals surface area contributed by atoms with Crippen LogP contribution in [-0.2, 0) is 4.79 Å². The summed E-state index contributed by atoms with van der Waals surface area (Å²) < 4.78 is 10.9. The van der Waals surface area contributed by atoms with Crippen LogP contribution in [0.2, 0.25) is 0 Å². The van der Waals surface area contributed by atoms with Gasteiger partial charge in [0.2, 0.25) is 0 Å². The summed E-state index contributed by atoms with van der Waals surface area (Å²) in [7, 11) is 3.87. The molecule has 0 radical (unpaired) electrons. The monoisotopic (exact) mass is 387 g/mol. The molecule has 0 fully saturated rings. The summed E-state index contributed by atoms with van der Waals surface area (Å²) in [5.74, 6) is 0.262. The molecule has 0 aliphatic carbocycles. The maximum Gasteiger partial charge on any atom is 0.345 e. The highest BCUT2D eigenvalue weighted by atomic mass is 32.1. The van der Waals surface area contributed by atoms with E-state index < -0.39 is 5.63 Å². The molecule has 2 heterocycles. The van der Waals surface area contributed by atoms with Gasteiger partial charge in [-0.2, -0.15) is 0 Å². The first-order valence-corrected chi connectivity index (χ1v) is 9.35. The van der Waals surface area contributed by atoms with Crippen molar-refractivity contribution in [2.24, 2.45) is 0 Å². The lowest BCUT2D eigenvalue weighted by atomic mass is 10.1. The van der Waals surface area contributed by atoms with E-state index in [4.69, 9.17) is 9.15 Å². The fourth-order valence-corrected chi connectivity index (χ4v) is 3.08. The van der Waals surface area contributed by atoms with Gasteiger partial charge in [0, 0.05) is 29.9 Å². The summed E-state index contributed by atoms with van der Waals surface area (Å²) in [4.78, 5) is 30.4. The molecule has 8 heteroatoms. The van der Waals surface area contributed by atoms with Crippen molar-refractivity contribution in [3.05, 3.63) is 45.1 Å². The molecule has 7 nitrogen and oxygen atoms in total. The van der Waals surface area contributed by atoms with Crippen molar-refractivity contribution >= 4 is 28.2 Å². The molecule has 0 aliphatic rings. The second-order valence-corrected chi connectivity index (χ2v) is 7.40. The normalized spacial score (nSPS) is 11.1. The van der Waals surface area contributed by atoms with E-state index >= 15 is 0 Å². The van der Waals surface area contributed by atoms with Crippen molar-refractivity contribution in [1.29, 1.82) is 0 Å². The van der Waals surface area contributed by atoms with E-state index in [2.05, 4.69) is 10.3 Å². The standard InChI is InChI=1S/C19H21N3O4S/c1-12-21-16(11-27-12)15-8-13-4-5-14(9-17(13)26-19(15)24)25-10-18(23)20-6-7-22(2)3/h4-5,8-9,11H,6-7,10H2,1-3H3,(H,20,23). The van der Waals surface area contributed by atoms with Crippen LogP contribution in [0.15, 0.2) is 38.9 Å².